The maximum atomic E-state index is 12.3. The van der Waals surface area contributed by atoms with Crippen LogP contribution in [0.1, 0.15) is 43.5 Å². The van der Waals surface area contributed by atoms with Crippen molar-refractivity contribution in [2.24, 2.45) is 17.8 Å². The van der Waals surface area contributed by atoms with Gasteiger partial charge in [0.15, 0.2) is 10.5 Å². The van der Waals surface area contributed by atoms with Crippen molar-refractivity contribution in [3.05, 3.63) is 22.6 Å². The van der Waals surface area contributed by atoms with Crippen LogP contribution in [0.5, 0.6) is 0 Å². The standard InChI is InChI=1S/C13H17BrO2/c1-8-5-9(2)7-10(6-8)12(15)11-3-4-16-13(11)14/h3-4,8-10H,5-7H2,1-2H3. The number of rotatable bonds is 2. The lowest BCUT2D eigenvalue weighted by molar-refractivity contribution is 0.0834. The molecule has 3 heteroatoms. The van der Waals surface area contributed by atoms with Gasteiger partial charge in [-0.25, -0.2) is 0 Å². The van der Waals surface area contributed by atoms with Crippen LogP contribution in [0.25, 0.3) is 0 Å². The van der Waals surface area contributed by atoms with E-state index in [1.165, 1.54) is 6.42 Å². The summed E-state index contributed by atoms with van der Waals surface area (Å²) in [6, 6.07) is 1.76. The number of hydrogen-bond donors (Lipinski definition) is 0. The van der Waals surface area contributed by atoms with Crippen LogP contribution in [0.3, 0.4) is 0 Å². The van der Waals surface area contributed by atoms with Gasteiger partial charge in [-0.2, -0.15) is 0 Å². The third-order valence-corrected chi connectivity index (χ3v) is 4.05. The van der Waals surface area contributed by atoms with Gasteiger partial charge in [0, 0.05) is 5.92 Å². The molecule has 0 amide bonds. The normalized spacial score (nSPS) is 30.3. The summed E-state index contributed by atoms with van der Waals surface area (Å²) in [5.74, 6) is 1.72. The highest BCUT2D eigenvalue weighted by molar-refractivity contribution is 9.10. The molecule has 1 heterocycles. The molecule has 2 atom stereocenters. The fourth-order valence-corrected chi connectivity index (χ4v) is 3.29. The van der Waals surface area contributed by atoms with Crippen molar-refractivity contribution < 1.29 is 9.21 Å². The van der Waals surface area contributed by atoms with Gasteiger partial charge in [-0.1, -0.05) is 13.8 Å². The van der Waals surface area contributed by atoms with Crippen LogP contribution in [0.4, 0.5) is 0 Å². The topological polar surface area (TPSA) is 30.2 Å². The van der Waals surface area contributed by atoms with E-state index >= 15 is 0 Å². The molecule has 1 saturated carbocycles. The molecule has 2 unspecified atom stereocenters. The van der Waals surface area contributed by atoms with Crippen LogP contribution in [-0.4, -0.2) is 5.78 Å². The Morgan fingerprint density at radius 2 is 1.94 bits per heavy atom. The Bertz CT molecular complexity index is 373. The summed E-state index contributed by atoms with van der Waals surface area (Å²) in [5.41, 5.74) is 0.700. The lowest BCUT2D eigenvalue weighted by atomic mass is 9.74. The molecule has 1 aromatic heterocycles. The van der Waals surface area contributed by atoms with E-state index in [0.717, 1.165) is 12.8 Å². The van der Waals surface area contributed by atoms with Crippen molar-refractivity contribution in [1.82, 2.24) is 0 Å². The van der Waals surface area contributed by atoms with Gasteiger partial charge in [0.05, 0.1) is 11.8 Å². The first-order valence-corrected chi connectivity index (χ1v) is 6.64. The van der Waals surface area contributed by atoms with Gasteiger partial charge in [0.2, 0.25) is 0 Å². The van der Waals surface area contributed by atoms with Crippen LogP contribution in [-0.2, 0) is 0 Å². The molecule has 0 spiro atoms. The van der Waals surface area contributed by atoms with Gasteiger partial charge in [-0.05, 0) is 53.1 Å². The molecule has 0 aromatic carbocycles. The first-order valence-electron chi connectivity index (χ1n) is 5.85. The lowest BCUT2D eigenvalue weighted by Gasteiger charge is -2.30. The van der Waals surface area contributed by atoms with Gasteiger partial charge in [-0.15, -0.1) is 0 Å². The van der Waals surface area contributed by atoms with Crippen molar-refractivity contribution in [2.75, 3.05) is 0 Å². The van der Waals surface area contributed by atoms with E-state index in [1.807, 2.05) is 0 Å². The average molecular weight is 285 g/mol. The third-order valence-electron chi connectivity index (χ3n) is 3.43. The van der Waals surface area contributed by atoms with Gasteiger partial charge >= 0.3 is 0 Å². The molecule has 0 radical (unpaired) electrons. The molecule has 0 saturated heterocycles. The summed E-state index contributed by atoms with van der Waals surface area (Å²) in [5, 5.41) is 0. The van der Waals surface area contributed by atoms with Crippen LogP contribution in [0.15, 0.2) is 21.4 Å². The van der Waals surface area contributed by atoms with Crippen molar-refractivity contribution in [2.45, 2.75) is 33.1 Å². The summed E-state index contributed by atoms with van der Waals surface area (Å²) in [7, 11) is 0. The average Bonchev–Trinajstić information content (AvgIpc) is 2.62. The fraction of sp³-hybridized carbons (Fsp3) is 0.615. The summed E-state index contributed by atoms with van der Waals surface area (Å²) in [4.78, 5) is 12.3. The number of hydrogen-bond acceptors (Lipinski definition) is 2. The zero-order chi connectivity index (χ0) is 11.7. The van der Waals surface area contributed by atoms with Crippen LogP contribution < -0.4 is 0 Å². The molecular formula is C13H17BrO2. The second-order valence-electron chi connectivity index (χ2n) is 5.09. The van der Waals surface area contributed by atoms with Gasteiger partial charge in [0.1, 0.15) is 0 Å². The second kappa shape index (κ2) is 4.74. The third kappa shape index (κ3) is 2.40. The Hall–Kier alpha value is -0.570. The van der Waals surface area contributed by atoms with Crippen molar-refractivity contribution in [1.29, 1.82) is 0 Å². The highest BCUT2D eigenvalue weighted by atomic mass is 79.9. The molecule has 16 heavy (non-hydrogen) atoms. The summed E-state index contributed by atoms with van der Waals surface area (Å²) in [6.45, 7) is 4.47. The number of furan rings is 1. The van der Waals surface area contributed by atoms with Gasteiger partial charge in [-0.3, -0.25) is 4.79 Å². The zero-order valence-electron chi connectivity index (χ0n) is 9.70. The highest BCUT2D eigenvalue weighted by Crippen LogP contribution is 2.35. The largest absolute Gasteiger partial charge is 0.457 e. The number of carbonyl (C=O) groups excluding carboxylic acids is 1. The quantitative estimate of drug-likeness (QED) is 0.758. The minimum atomic E-state index is 0.174. The van der Waals surface area contributed by atoms with Crippen LogP contribution in [0.2, 0.25) is 0 Å². The highest BCUT2D eigenvalue weighted by Gasteiger charge is 2.30. The Labute approximate surface area is 105 Å². The monoisotopic (exact) mass is 284 g/mol. The predicted molar refractivity (Wildman–Crippen MR) is 66.4 cm³/mol. The molecule has 1 aliphatic rings. The molecule has 1 fully saturated rings. The maximum absolute atomic E-state index is 12.3. The first kappa shape index (κ1) is 11.9. The van der Waals surface area contributed by atoms with E-state index in [0.29, 0.717) is 22.1 Å². The minimum Gasteiger partial charge on any atom is -0.457 e. The van der Waals surface area contributed by atoms with E-state index in [2.05, 4.69) is 29.8 Å². The van der Waals surface area contributed by atoms with Crippen molar-refractivity contribution in [3.63, 3.8) is 0 Å². The predicted octanol–water partition coefficient (Wildman–Crippen LogP) is 4.30. The Morgan fingerprint density at radius 3 is 2.44 bits per heavy atom. The lowest BCUT2D eigenvalue weighted by Crippen LogP contribution is -2.26. The molecule has 88 valence electrons. The van der Waals surface area contributed by atoms with E-state index in [-0.39, 0.29) is 11.7 Å². The molecule has 1 aliphatic carbocycles. The molecule has 0 N–H and O–H groups in total. The van der Waals surface area contributed by atoms with Crippen molar-refractivity contribution >= 4 is 21.7 Å². The smallest absolute Gasteiger partial charge is 0.179 e. The molecule has 2 rings (SSSR count). The summed E-state index contributed by atoms with van der Waals surface area (Å²) in [6.07, 6.45) is 4.84. The van der Waals surface area contributed by atoms with E-state index in [9.17, 15) is 4.79 Å². The minimum absolute atomic E-state index is 0.174. The fourth-order valence-electron chi connectivity index (χ4n) is 2.85. The number of ketones is 1. The second-order valence-corrected chi connectivity index (χ2v) is 5.81. The summed E-state index contributed by atoms with van der Waals surface area (Å²) >= 11 is 3.28. The SMILES string of the molecule is CC1CC(C)CC(C(=O)c2ccoc2Br)C1. The molecule has 0 bridgehead atoms. The van der Waals surface area contributed by atoms with E-state index in [4.69, 9.17) is 4.42 Å². The van der Waals surface area contributed by atoms with Gasteiger partial charge < -0.3 is 4.42 Å². The first-order chi connectivity index (χ1) is 7.58. The van der Waals surface area contributed by atoms with E-state index in [1.54, 1.807) is 12.3 Å². The Morgan fingerprint density at radius 1 is 1.31 bits per heavy atom. The molecule has 2 nitrogen and oxygen atoms in total. The van der Waals surface area contributed by atoms with Crippen LogP contribution >= 0.6 is 15.9 Å². The molecule has 1 aromatic rings. The number of Topliss-reactive ketones (excluding diaryl/α,β-unsaturated/α-hetero) is 1. The van der Waals surface area contributed by atoms with Crippen LogP contribution in [0, 0.1) is 17.8 Å². The van der Waals surface area contributed by atoms with Gasteiger partial charge in [0.25, 0.3) is 0 Å². The Kier molecular flexibility index (Phi) is 3.53. The van der Waals surface area contributed by atoms with Crippen molar-refractivity contribution in [3.8, 4) is 0 Å². The molecular weight excluding hydrogens is 268 g/mol. The molecule has 0 aliphatic heterocycles. The Balaban J connectivity index is 2.13. The number of halogens is 1. The zero-order valence-corrected chi connectivity index (χ0v) is 11.3. The number of carbonyl (C=O) groups is 1. The maximum Gasteiger partial charge on any atom is 0.179 e. The summed E-state index contributed by atoms with van der Waals surface area (Å²) < 4.78 is 5.70. The van der Waals surface area contributed by atoms with E-state index < -0.39 is 0 Å².